The molecule has 1 fully saturated rings. The van der Waals surface area contributed by atoms with Crippen LogP contribution in [-0.2, 0) is 10.0 Å². The average molecular weight is 355 g/mol. The third-order valence-corrected chi connectivity index (χ3v) is 5.82. The summed E-state index contributed by atoms with van der Waals surface area (Å²) in [6.45, 7) is 4.56. The number of rotatable bonds is 5. The van der Waals surface area contributed by atoms with Gasteiger partial charge in [-0.2, -0.15) is 4.31 Å². The molecule has 7 nitrogen and oxygen atoms in total. The molecule has 0 aromatic heterocycles. The second-order valence-electron chi connectivity index (χ2n) is 6.13. The van der Waals surface area contributed by atoms with Crippen LogP contribution >= 0.6 is 0 Å². The maximum Gasteiger partial charge on any atom is 0.315 e. The standard InChI is InChI=1S/C16H25N3O4S/c1-12(2)17-16(20)18-13-8-10-19(11-9-13)24(21,22)15-6-4-14(23-3)5-7-15/h4-7,12-13H,8-11H2,1-3H3,(H2,17,18,20). The van der Waals surface area contributed by atoms with Crippen LogP contribution in [0.4, 0.5) is 4.79 Å². The SMILES string of the molecule is COc1ccc(S(=O)(=O)N2CCC(NC(=O)NC(C)C)CC2)cc1. The Morgan fingerprint density at radius 1 is 1.21 bits per heavy atom. The van der Waals surface area contributed by atoms with Crippen molar-refractivity contribution < 1.29 is 17.9 Å². The summed E-state index contributed by atoms with van der Waals surface area (Å²) in [5, 5.41) is 5.66. The number of nitrogens with zero attached hydrogens (tertiary/aromatic N) is 1. The van der Waals surface area contributed by atoms with Crippen molar-refractivity contribution in [3.8, 4) is 5.75 Å². The smallest absolute Gasteiger partial charge is 0.315 e. The fourth-order valence-electron chi connectivity index (χ4n) is 2.63. The van der Waals surface area contributed by atoms with E-state index in [1.165, 1.54) is 11.4 Å². The molecule has 0 spiro atoms. The normalized spacial score (nSPS) is 16.8. The minimum atomic E-state index is -3.51. The van der Waals surface area contributed by atoms with Crippen LogP contribution in [0.3, 0.4) is 0 Å². The Hall–Kier alpha value is -1.80. The number of benzene rings is 1. The third-order valence-electron chi connectivity index (χ3n) is 3.91. The number of hydrogen-bond acceptors (Lipinski definition) is 4. The van der Waals surface area contributed by atoms with Crippen LogP contribution in [-0.4, -0.2) is 51.0 Å². The summed E-state index contributed by atoms with van der Waals surface area (Å²) in [6.07, 6.45) is 1.20. The van der Waals surface area contributed by atoms with Crippen LogP contribution in [0.5, 0.6) is 5.75 Å². The molecule has 24 heavy (non-hydrogen) atoms. The second-order valence-corrected chi connectivity index (χ2v) is 8.06. The summed E-state index contributed by atoms with van der Waals surface area (Å²) in [7, 11) is -1.97. The van der Waals surface area contributed by atoms with E-state index in [0.29, 0.717) is 31.7 Å². The van der Waals surface area contributed by atoms with Crippen molar-refractivity contribution in [1.29, 1.82) is 0 Å². The lowest BCUT2D eigenvalue weighted by molar-refractivity contribution is 0.225. The van der Waals surface area contributed by atoms with E-state index in [0.717, 1.165) is 0 Å². The molecular formula is C16H25N3O4S. The Kier molecular flexibility index (Phi) is 6.06. The van der Waals surface area contributed by atoms with E-state index in [2.05, 4.69) is 10.6 Å². The molecule has 0 unspecified atom stereocenters. The first-order valence-electron chi connectivity index (χ1n) is 8.04. The average Bonchev–Trinajstić information content (AvgIpc) is 2.54. The van der Waals surface area contributed by atoms with Crippen molar-refractivity contribution in [3.05, 3.63) is 24.3 Å². The highest BCUT2D eigenvalue weighted by molar-refractivity contribution is 7.89. The Bertz CT molecular complexity index is 650. The third kappa shape index (κ3) is 4.61. The number of carbonyl (C=O) groups is 1. The molecule has 1 saturated heterocycles. The molecule has 0 atom stereocenters. The molecule has 0 bridgehead atoms. The van der Waals surface area contributed by atoms with Gasteiger partial charge in [-0.3, -0.25) is 0 Å². The molecule has 0 radical (unpaired) electrons. The van der Waals surface area contributed by atoms with Crippen molar-refractivity contribution in [1.82, 2.24) is 14.9 Å². The van der Waals surface area contributed by atoms with E-state index in [1.807, 2.05) is 13.8 Å². The van der Waals surface area contributed by atoms with E-state index in [1.54, 1.807) is 24.3 Å². The Balaban J connectivity index is 1.94. The molecule has 2 amide bonds. The van der Waals surface area contributed by atoms with Crippen molar-refractivity contribution in [2.75, 3.05) is 20.2 Å². The molecule has 1 aliphatic rings. The Morgan fingerprint density at radius 2 is 1.79 bits per heavy atom. The summed E-state index contributed by atoms with van der Waals surface area (Å²) in [5.41, 5.74) is 0. The fraction of sp³-hybridized carbons (Fsp3) is 0.562. The van der Waals surface area contributed by atoms with Gasteiger partial charge in [0.2, 0.25) is 10.0 Å². The van der Waals surface area contributed by atoms with Crippen LogP contribution in [0, 0.1) is 0 Å². The van der Waals surface area contributed by atoms with Crippen LogP contribution in [0.2, 0.25) is 0 Å². The first-order chi connectivity index (χ1) is 11.3. The van der Waals surface area contributed by atoms with E-state index < -0.39 is 10.0 Å². The first-order valence-corrected chi connectivity index (χ1v) is 9.48. The minimum absolute atomic E-state index is 0.00827. The van der Waals surface area contributed by atoms with Gasteiger partial charge in [-0.1, -0.05) is 0 Å². The molecular weight excluding hydrogens is 330 g/mol. The van der Waals surface area contributed by atoms with E-state index in [-0.39, 0.29) is 23.0 Å². The van der Waals surface area contributed by atoms with E-state index >= 15 is 0 Å². The van der Waals surface area contributed by atoms with Gasteiger partial charge < -0.3 is 15.4 Å². The highest BCUT2D eigenvalue weighted by Gasteiger charge is 2.29. The number of piperidine rings is 1. The number of urea groups is 1. The van der Waals surface area contributed by atoms with Gasteiger partial charge in [-0.25, -0.2) is 13.2 Å². The number of hydrogen-bond donors (Lipinski definition) is 2. The van der Waals surface area contributed by atoms with Crippen LogP contribution in [0.15, 0.2) is 29.2 Å². The number of sulfonamides is 1. The van der Waals surface area contributed by atoms with Gasteiger partial charge in [0.05, 0.1) is 12.0 Å². The summed E-state index contributed by atoms with van der Waals surface area (Å²) >= 11 is 0. The highest BCUT2D eigenvalue weighted by Crippen LogP contribution is 2.22. The van der Waals surface area contributed by atoms with Gasteiger partial charge in [0.25, 0.3) is 0 Å². The van der Waals surface area contributed by atoms with Gasteiger partial charge in [0.1, 0.15) is 5.75 Å². The number of carbonyl (C=O) groups excluding carboxylic acids is 1. The summed E-state index contributed by atoms with van der Waals surface area (Å²) in [4.78, 5) is 12.0. The number of amides is 2. The van der Waals surface area contributed by atoms with Gasteiger partial charge in [0.15, 0.2) is 0 Å². The zero-order valence-corrected chi connectivity index (χ0v) is 15.1. The molecule has 1 aliphatic heterocycles. The molecule has 1 aromatic carbocycles. The molecule has 0 saturated carbocycles. The number of methoxy groups -OCH3 is 1. The Labute approximate surface area is 143 Å². The maximum absolute atomic E-state index is 12.6. The van der Waals surface area contributed by atoms with E-state index in [4.69, 9.17) is 4.74 Å². The molecule has 2 rings (SSSR count). The van der Waals surface area contributed by atoms with Gasteiger partial charge >= 0.3 is 6.03 Å². The molecule has 2 N–H and O–H groups in total. The monoisotopic (exact) mass is 355 g/mol. The summed E-state index contributed by atoms with van der Waals surface area (Å²) < 4.78 is 31.8. The lowest BCUT2D eigenvalue weighted by Crippen LogP contribution is -2.50. The predicted octanol–water partition coefficient (Wildman–Crippen LogP) is 1.56. The zero-order chi connectivity index (χ0) is 17.7. The van der Waals surface area contributed by atoms with Crippen molar-refractivity contribution >= 4 is 16.1 Å². The van der Waals surface area contributed by atoms with Crippen LogP contribution in [0.1, 0.15) is 26.7 Å². The molecule has 8 heteroatoms. The van der Waals surface area contributed by atoms with E-state index in [9.17, 15) is 13.2 Å². The minimum Gasteiger partial charge on any atom is -0.497 e. The zero-order valence-electron chi connectivity index (χ0n) is 14.3. The highest BCUT2D eigenvalue weighted by atomic mass is 32.2. The largest absolute Gasteiger partial charge is 0.497 e. The lowest BCUT2D eigenvalue weighted by Gasteiger charge is -2.31. The van der Waals surface area contributed by atoms with Gasteiger partial charge in [0, 0.05) is 25.2 Å². The predicted molar refractivity (Wildman–Crippen MR) is 91.6 cm³/mol. The Morgan fingerprint density at radius 3 is 2.29 bits per heavy atom. The van der Waals surface area contributed by atoms with Crippen LogP contribution < -0.4 is 15.4 Å². The topological polar surface area (TPSA) is 87.7 Å². The van der Waals surface area contributed by atoms with Crippen molar-refractivity contribution in [3.63, 3.8) is 0 Å². The lowest BCUT2D eigenvalue weighted by atomic mass is 10.1. The van der Waals surface area contributed by atoms with Gasteiger partial charge in [-0.15, -0.1) is 0 Å². The molecule has 134 valence electrons. The van der Waals surface area contributed by atoms with Crippen molar-refractivity contribution in [2.45, 2.75) is 43.7 Å². The van der Waals surface area contributed by atoms with Crippen molar-refractivity contribution in [2.24, 2.45) is 0 Å². The maximum atomic E-state index is 12.6. The first kappa shape index (κ1) is 18.5. The molecule has 0 aliphatic carbocycles. The van der Waals surface area contributed by atoms with Crippen LogP contribution in [0.25, 0.3) is 0 Å². The molecule has 1 aromatic rings. The second kappa shape index (κ2) is 7.85. The number of ether oxygens (including phenoxy) is 1. The van der Waals surface area contributed by atoms with Gasteiger partial charge in [-0.05, 0) is 51.0 Å². The molecule has 1 heterocycles. The summed E-state index contributed by atoms with van der Waals surface area (Å²) in [5.74, 6) is 0.619. The summed E-state index contributed by atoms with van der Waals surface area (Å²) in [6, 6.07) is 6.23. The number of nitrogens with one attached hydrogen (secondary N) is 2. The fourth-order valence-corrected chi connectivity index (χ4v) is 4.10. The quantitative estimate of drug-likeness (QED) is 0.839.